The molecule has 0 amide bonds. The second-order valence-corrected chi connectivity index (χ2v) is 6.83. The van der Waals surface area contributed by atoms with E-state index in [-0.39, 0.29) is 11.8 Å². The predicted molar refractivity (Wildman–Crippen MR) is 115 cm³/mol. The molecule has 1 atom stereocenters. The summed E-state index contributed by atoms with van der Waals surface area (Å²) in [5, 5.41) is 16.3. The van der Waals surface area contributed by atoms with E-state index in [1.54, 1.807) is 25.3 Å². The molecule has 0 fully saturated rings. The van der Waals surface area contributed by atoms with E-state index < -0.39 is 17.9 Å². The van der Waals surface area contributed by atoms with Crippen LogP contribution in [0, 0.1) is 19.7 Å². The second-order valence-electron chi connectivity index (χ2n) is 6.83. The number of benzene rings is 1. The number of aromatic nitrogens is 2. The number of hydrogen-bond acceptors (Lipinski definition) is 8. The van der Waals surface area contributed by atoms with Gasteiger partial charge in [0.1, 0.15) is 11.9 Å². The molecule has 2 aromatic rings. The lowest BCUT2D eigenvalue weighted by Crippen LogP contribution is -2.22. The fourth-order valence-corrected chi connectivity index (χ4v) is 3.18. The van der Waals surface area contributed by atoms with Crippen molar-refractivity contribution < 1.29 is 23.8 Å². The summed E-state index contributed by atoms with van der Waals surface area (Å²) in [6.07, 6.45) is 5.92. The van der Waals surface area contributed by atoms with Crippen molar-refractivity contribution in [1.29, 1.82) is 0 Å². The number of anilines is 3. The van der Waals surface area contributed by atoms with Crippen LogP contribution in [-0.4, -0.2) is 41.4 Å². The van der Waals surface area contributed by atoms with Crippen molar-refractivity contribution in [2.75, 3.05) is 24.9 Å². The zero-order valence-electron chi connectivity index (χ0n) is 17.6. The normalized spacial score (nSPS) is 16.6. The highest BCUT2D eigenvalue weighted by Crippen LogP contribution is 2.29. The fourth-order valence-electron chi connectivity index (χ4n) is 3.18. The number of hydrogen-bond donors (Lipinski definition) is 3. The van der Waals surface area contributed by atoms with Gasteiger partial charge >= 0.3 is 5.97 Å². The molecule has 0 aliphatic heterocycles. The summed E-state index contributed by atoms with van der Waals surface area (Å²) in [6.45, 7) is 3.79. The molecule has 162 valence electrons. The average molecular weight is 426 g/mol. The van der Waals surface area contributed by atoms with Crippen LogP contribution < -0.4 is 15.4 Å². The number of methoxy groups -OCH3 is 2. The first kappa shape index (κ1) is 22.0. The number of aliphatic hydroxyl groups excluding tert-OH is 1. The quantitative estimate of drug-likeness (QED) is 0.477. The molecule has 0 saturated carbocycles. The van der Waals surface area contributed by atoms with Crippen LogP contribution in [0.5, 0.6) is 5.75 Å². The maximum atomic E-state index is 14.3. The number of rotatable bonds is 6. The molecule has 0 radical (unpaired) electrons. The third kappa shape index (κ3) is 5.07. The van der Waals surface area contributed by atoms with Crippen LogP contribution in [0.1, 0.15) is 11.1 Å². The van der Waals surface area contributed by atoms with Crippen molar-refractivity contribution in [3.8, 4) is 5.75 Å². The summed E-state index contributed by atoms with van der Waals surface area (Å²) >= 11 is 0. The number of carbonyl (C=O) groups is 1. The van der Waals surface area contributed by atoms with Crippen molar-refractivity contribution in [1.82, 2.24) is 9.97 Å². The summed E-state index contributed by atoms with van der Waals surface area (Å²) < 4.78 is 24.3. The van der Waals surface area contributed by atoms with Crippen molar-refractivity contribution in [3.05, 3.63) is 70.8 Å². The Hall–Kier alpha value is -3.72. The summed E-state index contributed by atoms with van der Waals surface area (Å²) in [6, 6.07) is 3.64. The average Bonchev–Trinajstić information content (AvgIpc) is 2.73. The molecule has 0 bridgehead atoms. The van der Waals surface area contributed by atoms with E-state index >= 15 is 0 Å². The van der Waals surface area contributed by atoms with Gasteiger partial charge in [0.15, 0.2) is 11.6 Å². The lowest BCUT2D eigenvalue weighted by molar-refractivity contribution is -0.134. The Labute approximate surface area is 179 Å². The van der Waals surface area contributed by atoms with Gasteiger partial charge < -0.3 is 25.2 Å². The Bertz CT molecular complexity index is 1070. The predicted octanol–water partition coefficient (Wildman–Crippen LogP) is 3.31. The first-order valence-electron chi connectivity index (χ1n) is 9.40. The lowest BCUT2D eigenvalue weighted by Gasteiger charge is -2.20. The van der Waals surface area contributed by atoms with E-state index in [0.29, 0.717) is 17.0 Å². The number of esters is 1. The van der Waals surface area contributed by atoms with E-state index in [2.05, 4.69) is 25.3 Å². The number of ether oxygens (including phenoxy) is 2. The Morgan fingerprint density at radius 2 is 1.94 bits per heavy atom. The second kappa shape index (κ2) is 9.40. The molecule has 1 unspecified atom stereocenters. The Morgan fingerprint density at radius 3 is 2.58 bits per heavy atom. The van der Waals surface area contributed by atoms with E-state index in [0.717, 1.165) is 23.1 Å². The number of carbonyl (C=O) groups excluding carboxylic acids is 1. The van der Waals surface area contributed by atoms with Crippen LogP contribution >= 0.6 is 0 Å². The molecular weight excluding hydrogens is 403 g/mol. The van der Waals surface area contributed by atoms with Crippen molar-refractivity contribution >= 4 is 23.4 Å². The third-order valence-electron chi connectivity index (χ3n) is 4.59. The van der Waals surface area contributed by atoms with Crippen LogP contribution in [0.15, 0.2) is 53.9 Å². The van der Waals surface area contributed by atoms with Gasteiger partial charge in [-0.1, -0.05) is 12.2 Å². The molecule has 0 spiro atoms. The molecule has 3 N–H and O–H groups in total. The molecule has 1 aromatic heterocycles. The van der Waals surface area contributed by atoms with Crippen LogP contribution in [-0.2, 0) is 9.53 Å². The van der Waals surface area contributed by atoms with Crippen molar-refractivity contribution in [3.63, 3.8) is 0 Å². The smallest absolute Gasteiger partial charge is 0.330 e. The Balaban J connectivity index is 1.82. The fraction of sp³-hybridized carbons (Fsp3) is 0.227. The first-order chi connectivity index (χ1) is 14.8. The van der Waals surface area contributed by atoms with E-state index in [1.807, 2.05) is 26.0 Å². The number of halogens is 1. The number of aryl methyl sites for hydroxylation is 2. The maximum Gasteiger partial charge on any atom is 0.330 e. The molecule has 3 rings (SSSR count). The molecule has 0 saturated heterocycles. The van der Waals surface area contributed by atoms with Gasteiger partial charge in [-0.05, 0) is 48.8 Å². The highest BCUT2D eigenvalue weighted by molar-refractivity contribution is 5.84. The first-order valence-corrected chi connectivity index (χ1v) is 9.40. The Morgan fingerprint density at radius 1 is 1.23 bits per heavy atom. The summed E-state index contributed by atoms with van der Waals surface area (Å²) in [4.78, 5) is 19.6. The summed E-state index contributed by atoms with van der Waals surface area (Å²) in [5.41, 5.74) is 3.09. The van der Waals surface area contributed by atoms with E-state index in [1.165, 1.54) is 13.2 Å². The minimum atomic E-state index is -1.12. The molecule has 1 aliphatic carbocycles. The monoisotopic (exact) mass is 426 g/mol. The zero-order chi connectivity index (χ0) is 22.5. The van der Waals surface area contributed by atoms with Crippen molar-refractivity contribution in [2.24, 2.45) is 0 Å². The van der Waals surface area contributed by atoms with Gasteiger partial charge in [-0.3, -0.25) is 0 Å². The van der Waals surface area contributed by atoms with Gasteiger partial charge in [-0.25, -0.2) is 14.2 Å². The standard InChI is InChI=1S/C22H23FN4O4/c1-12-8-15(9-13(2)20(12)31-4)25-21-16(23)11-24-22(27-21)26-17-7-5-6-14(19(17)29)10-18(28)30-3/h5-11,19,29H,1-4H3,(H2,24,25,26,27). The van der Waals surface area contributed by atoms with Gasteiger partial charge in [0.25, 0.3) is 0 Å². The number of aliphatic hydroxyl groups is 1. The van der Waals surface area contributed by atoms with Gasteiger partial charge in [0, 0.05) is 11.8 Å². The van der Waals surface area contributed by atoms with E-state index in [9.17, 15) is 14.3 Å². The minimum Gasteiger partial charge on any atom is -0.496 e. The summed E-state index contributed by atoms with van der Waals surface area (Å²) in [5.74, 6) is -0.425. The van der Waals surface area contributed by atoms with Gasteiger partial charge in [-0.15, -0.1) is 0 Å². The largest absolute Gasteiger partial charge is 0.496 e. The minimum absolute atomic E-state index is 0.0340. The topological polar surface area (TPSA) is 106 Å². The maximum absolute atomic E-state index is 14.3. The number of allylic oxidation sites excluding steroid dienone is 2. The van der Waals surface area contributed by atoms with Gasteiger partial charge in [-0.2, -0.15) is 4.98 Å². The molecule has 1 aliphatic rings. The molecule has 31 heavy (non-hydrogen) atoms. The number of nitrogens with zero attached hydrogens (tertiary/aromatic N) is 2. The highest BCUT2D eigenvalue weighted by Gasteiger charge is 2.20. The number of nitrogens with one attached hydrogen (secondary N) is 2. The molecule has 8 nitrogen and oxygen atoms in total. The lowest BCUT2D eigenvalue weighted by atomic mass is 10.0. The molecule has 1 aromatic carbocycles. The van der Waals surface area contributed by atoms with Gasteiger partial charge in [0.2, 0.25) is 5.95 Å². The molecular formula is C22H23FN4O4. The van der Waals surface area contributed by atoms with Crippen LogP contribution in [0.25, 0.3) is 0 Å². The highest BCUT2D eigenvalue weighted by atomic mass is 19.1. The van der Waals surface area contributed by atoms with Gasteiger partial charge in [0.05, 0.1) is 26.1 Å². The van der Waals surface area contributed by atoms with Crippen LogP contribution in [0.2, 0.25) is 0 Å². The SMILES string of the molecule is COC(=O)C=C1C=CC=C(Nc2ncc(F)c(Nc3cc(C)c(OC)c(C)c3)n2)C1O. The van der Waals surface area contributed by atoms with Crippen LogP contribution in [0.3, 0.4) is 0 Å². The molecule has 1 heterocycles. The molecule has 9 heteroatoms. The van der Waals surface area contributed by atoms with E-state index in [4.69, 9.17) is 4.74 Å². The zero-order valence-corrected chi connectivity index (χ0v) is 17.6. The third-order valence-corrected chi connectivity index (χ3v) is 4.59. The Kier molecular flexibility index (Phi) is 6.66. The van der Waals surface area contributed by atoms with Crippen molar-refractivity contribution in [2.45, 2.75) is 20.0 Å². The summed E-state index contributed by atoms with van der Waals surface area (Å²) in [7, 11) is 2.85. The van der Waals surface area contributed by atoms with Crippen LogP contribution in [0.4, 0.5) is 21.8 Å².